The molecule has 1 saturated carbocycles. The predicted molar refractivity (Wildman–Crippen MR) is 130 cm³/mol. The maximum Gasteiger partial charge on any atom is 0.425 e. The zero-order valence-electron chi connectivity index (χ0n) is 19.1. The first-order chi connectivity index (χ1) is 15.4. The van der Waals surface area contributed by atoms with Gasteiger partial charge in [-0.25, -0.2) is 4.79 Å². The van der Waals surface area contributed by atoms with Gasteiger partial charge in [-0.3, -0.25) is 4.79 Å². The van der Waals surface area contributed by atoms with E-state index in [9.17, 15) is 9.59 Å². The number of rotatable bonds is 4. The Balaban J connectivity index is 1.52. The van der Waals surface area contributed by atoms with Gasteiger partial charge in [-0.2, -0.15) is 4.58 Å². The number of methoxy groups -OCH3 is 1. The number of nitrogens with one attached hydrogen (secondary N) is 1. The van der Waals surface area contributed by atoms with Crippen LogP contribution < -0.4 is 10.1 Å². The van der Waals surface area contributed by atoms with Gasteiger partial charge in [0.15, 0.2) is 0 Å². The summed E-state index contributed by atoms with van der Waals surface area (Å²) in [7, 11) is 3.41. The summed E-state index contributed by atoms with van der Waals surface area (Å²) in [5.41, 5.74) is 2.42. The molecule has 4 atom stereocenters. The van der Waals surface area contributed by atoms with Crippen molar-refractivity contribution >= 4 is 35.4 Å². The van der Waals surface area contributed by atoms with Gasteiger partial charge in [-0.1, -0.05) is 62.7 Å². The summed E-state index contributed by atoms with van der Waals surface area (Å²) in [6, 6.07) is 7.85. The molecule has 0 saturated heterocycles. The molecule has 1 aromatic rings. The minimum Gasteiger partial charge on any atom is -0.497 e. The third-order valence-electron chi connectivity index (χ3n) is 6.90. The van der Waals surface area contributed by atoms with Crippen LogP contribution in [0.3, 0.4) is 0 Å². The fourth-order valence-corrected chi connectivity index (χ4v) is 5.78. The van der Waals surface area contributed by atoms with Crippen molar-refractivity contribution in [1.82, 2.24) is 5.32 Å². The molecule has 5 nitrogen and oxygen atoms in total. The van der Waals surface area contributed by atoms with Crippen molar-refractivity contribution in [3.05, 3.63) is 58.5 Å². The number of allylic oxidation sites excluding steroid dienone is 1. The van der Waals surface area contributed by atoms with E-state index in [0.29, 0.717) is 22.3 Å². The van der Waals surface area contributed by atoms with Crippen molar-refractivity contribution in [3.63, 3.8) is 0 Å². The summed E-state index contributed by atoms with van der Waals surface area (Å²) in [6.07, 6.45) is 11.1. The highest BCUT2D eigenvalue weighted by Crippen LogP contribution is 2.34. The molecule has 1 aromatic carbocycles. The van der Waals surface area contributed by atoms with Gasteiger partial charge in [0, 0.05) is 17.7 Å². The number of hydrogen-bond donors (Lipinski definition) is 1. The Morgan fingerprint density at radius 1 is 1.22 bits per heavy atom. The average Bonchev–Trinajstić information content (AvgIpc) is 2.80. The molecular weight excluding hydrogens is 420 g/mol. The molecule has 32 heavy (non-hydrogen) atoms. The number of hydrogen-bond acceptors (Lipinski definition) is 4. The van der Waals surface area contributed by atoms with Crippen LogP contribution >= 0.6 is 11.8 Å². The number of carbonyl (C=O) groups is 2. The van der Waals surface area contributed by atoms with Crippen LogP contribution in [0.25, 0.3) is 6.08 Å². The Morgan fingerprint density at radius 3 is 2.69 bits per heavy atom. The molecule has 0 bridgehead atoms. The average molecular weight is 452 g/mol. The molecule has 0 aromatic heterocycles. The minimum atomic E-state index is -0.0573. The smallest absolute Gasteiger partial charge is 0.425 e. The molecule has 2 aliphatic carbocycles. The van der Waals surface area contributed by atoms with Crippen LogP contribution in [0.5, 0.6) is 5.75 Å². The number of amides is 2. The Morgan fingerprint density at radius 2 is 1.97 bits per heavy atom. The first-order valence-electron chi connectivity index (χ1n) is 11.3. The van der Waals surface area contributed by atoms with Crippen LogP contribution in [0.15, 0.2) is 53.0 Å². The van der Waals surface area contributed by atoms with E-state index >= 15 is 0 Å². The van der Waals surface area contributed by atoms with Crippen LogP contribution in [0.4, 0.5) is 0 Å². The summed E-state index contributed by atoms with van der Waals surface area (Å²) in [5, 5.41) is 3.24. The highest BCUT2D eigenvalue weighted by atomic mass is 32.2. The van der Waals surface area contributed by atoms with Crippen molar-refractivity contribution in [2.24, 2.45) is 11.8 Å². The fraction of sp³-hybridized carbons (Fsp3) is 0.423. The Labute approximate surface area is 194 Å². The SMILES string of the molecule is COc1ccc(/C=C2\SC3C=CC(C(=O)NC4CCCC(C)C4C)=CC3=[N+](C)C2=O)cc1. The predicted octanol–water partition coefficient (Wildman–Crippen LogP) is 4.20. The second kappa shape index (κ2) is 9.49. The second-order valence-electron chi connectivity index (χ2n) is 8.92. The van der Waals surface area contributed by atoms with Crippen molar-refractivity contribution in [3.8, 4) is 5.75 Å². The van der Waals surface area contributed by atoms with Gasteiger partial charge in [0.2, 0.25) is 5.71 Å². The number of likely N-dealkylation sites (N-methyl/N-ethyl adjacent to an activating group) is 1. The molecule has 1 N–H and O–H groups in total. The third-order valence-corrected chi connectivity index (χ3v) is 8.10. The molecule has 2 amide bonds. The van der Waals surface area contributed by atoms with Crippen molar-refractivity contribution in [2.45, 2.75) is 44.4 Å². The molecule has 6 heteroatoms. The standard InChI is InChI=1S/C26H30N2O3S/c1-16-6-5-7-21(17(16)2)27-25(29)19-10-13-23-22(15-19)28(3)26(30)24(32-23)14-18-8-11-20(31-4)12-9-18/h8-17,21,23H,5-7H2,1-4H3/p+1/b24-14-. The quantitative estimate of drug-likeness (QED) is 0.551. The van der Waals surface area contributed by atoms with E-state index in [2.05, 4.69) is 19.2 Å². The maximum absolute atomic E-state index is 13.0. The zero-order chi connectivity index (χ0) is 22.8. The van der Waals surface area contributed by atoms with Gasteiger partial charge in [-0.15, -0.1) is 0 Å². The molecule has 0 radical (unpaired) electrons. The van der Waals surface area contributed by atoms with Gasteiger partial charge in [-0.05, 0) is 42.0 Å². The van der Waals surface area contributed by atoms with Crippen LogP contribution in [0, 0.1) is 11.8 Å². The van der Waals surface area contributed by atoms with Crippen LogP contribution in [0.2, 0.25) is 0 Å². The first kappa shape index (κ1) is 22.6. The van der Waals surface area contributed by atoms with Gasteiger partial charge in [0.1, 0.15) is 23.0 Å². The summed E-state index contributed by atoms with van der Waals surface area (Å²) < 4.78 is 6.87. The lowest BCUT2D eigenvalue weighted by Crippen LogP contribution is -2.44. The highest BCUT2D eigenvalue weighted by Gasteiger charge is 2.38. The molecule has 3 aliphatic rings. The summed E-state index contributed by atoms with van der Waals surface area (Å²) in [5.74, 6) is 1.77. The van der Waals surface area contributed by atoms with Crippen molar-refractivity contribution in [2.75, 3.05) is 14.2 Å². The van der Waals surface area contributed by atoms with Gasteiger partial charge < -0.3 is 10.1 Å². The monoisotopic (exact) mass is 451 g/mol. The van der Waals surface area contributed by atoms with Crippen molar-refractivity contribution < 1.29 is 18.9 Å². The fourth-order valence-electron chi connectivity index (χ4n) is 4.56. The Bertz CT molecular complexity index is 1040. The molecule has 4 rings (SSSR count). The number of ether oxygens (including phenoxy) is 1. The van der Waals surface area contributed by atoms with Crippen LogP contribution in [-0.4, -0.2) is 47.6 Å². The van der Waals surface area contributed by atoms with Crippen LogP contribution in [-0.2, 0) is 9.59 Å². The lowest BCUT2D eigenvalue weighted by atomic mass is 9.78. The number of fused-ring (bicyclic) bond motifs is 1. The second-order valence-corrected chi connectivity index (χ2v) is 10.1. The van der Waals surface area contributed by atoms with E-state index in [-0.39, 0.29) is 23.1 Å². The molecule has 168 valence electrons. The van der Waals surface area contributed by atoms with Crippen LogP contribution in [0.1, 0.15) is 38.7 Å². The third kappa shape index (κ3) is 4.60. The number of thioether (sulfide) groups is 1. The largest absolute Gasteiger partial charge is 0.497 e. The molecular formula is C26H31N2O3S+. The van der Waals surface area contributed by atoms with Gasteiger partial charge >= 0.3 is 5.91 Å². The van der Waals surface area contributed by atoms with E-state index in [1.54, 1.807) is 18.7 Å². The van der Waals surface area contributed by atoms with Crippen molar-refractivity contribution in [1.29, 1.82) is 0 Å². The molecule has 1 aliphatic heterocycles. The minimum absolute atomic E-state index is 0.00683. The van der Waals surface area contributed by atoms with E-state index in [0.717, 1.165) is 29.9 Å². The topological polar surface area (TPSA) is 58.4 Å². The van der Waals surface area contributed by atoms with Gasteiger partial charge in [0.25, 0.3) is 5.91 Å². The molecule has 1 fully saturated rings. The van der Waals surface area contributed by atoms with Gasteiger partial charge in [0.05, 0.1) is 7.11 Å². The molecule has 4 unspecified atom stereocenters. The van der Waals surface area contributed by atoms with E-state index < -0.39 is 0 Å². The number of nitrogens with zero attached hydrogens (tertiary/aromatic N) is 1. The summed E-state index contributed by atoms with van der Waals surface area (Å²) in [6.45, 7) is 4.49. The normalized spacial score (nSPS) is 28.9. The lowest BCUT2D eigenvalue weighted by Gasteiger charge is -2.34. The maximum atomic E-state index is 13.0. The van der Waals surface area contributed by atoms with E-state index in [1.165, 1.54) is 18.2 Å². The van der Waals surface area contributed by atoms with E-state index in [4.69, 9.17) is 4.74 Å². The highest BCUT2D eigenvalue weighted by molar-refractivity contribution is 8.05. The number of benzene rings is 1. The number of carbonyl (C=O) groups excluding carboxylic acids is 2. The Kier molecular flexibility index (Phi) is 6.70. The summed E-state index contributed by atoms with van der Waals surface area (Å²) >= 11 is 1.52. The molecule has 1 heterocycles. The zero-order valence-corrected chi connectivity index (χ0v) is 19.9. The molecule has 0 spiro atoms. The summed E-state index contributed by atoms with van der Waals surface area (Å²) in [4.78, 5) is 26.7. The van der Waals surface area contributed by atoms with E-state index in [1.807, 2.05) is 48.6 Å². The lowest BCUT2D eigenvalue weighted by molar-refractivity contribution is -0.413. The Hall–Kier alpha value is -2.60. The first-order valence-corrected chi connectivity index (χ1v) is 12.1.